The van der Waals surface area contributed by atoms with Crippen molar-refractivity contribution in [1.82, 2.24) is 0 Å². The Kier molecular flexibility index (Phi) is 3.47. The van der Waals surface area contributed by atoms with Crippen LogP contribution in [0.5, 0.6) is 0 Å². The molecule has 0 N–H and O–H groups in total. The number of rotatable bonds is 4. The van der Waals surface area contributed by atoms with Crippen molar-refractivity contribution in [2.24, 2.45) is 0 Å². The van der Waals surface area contributed by atoms with Crippen molar-refractivity contribution in [2.75, 3.05) is 0 Å². The van der Waals surface area contributed by atoms with Gasteiger partial charge in [-0.15, -0.1) is 11.3 Å². The average Bonchev–Trinajstić information content (AvgIpc) is 2.51. The molecule has 0 spiro atoms. The average molecular weight is 212 g/mol. The van der Waals surface area contributed by atoms with E-state index in [0.29, 0.717) is 0 Å². The van der Waals surface area contributed by atoms with Crippen LogP contribution in [0.3, 0.4) is 0 Å². The normalized spacial score (nSPS) is 11.8. The van der Waals surface area contributed by atoms with Gasteiger partial charge in [-0.2, -0.15) is 0 Å². The van der Waals surface area contributed by atoms with E-state index in [4.69, 9.17) is 4.43 Å². The first-order chi connectivity index (χ1) is 6.09. The summed E-state index contributed by atoms with van der Waals surface area (Å²) in [6.45, 7) is 8.06. The highest BCUT2D eigenvalue weighted by Gasteiger charge is 2.18. The van der Waals surface area contributed by atoms with E-state index in [1.54, 1.807) is 11.3 Å². The van der Waals surface area contributed by atoms with Gasteiger partial charge in [0, 0.05) is 11.3 Å². The topological polar surface area (TPSA) is 9.23 Å². The number of thiophene rings is 1. The third kappa shape index (κ3) is 2.79. The zero-order chi connectivity index (χ0) is 9.90. The van der Waals surface area contributed by atoms with Gasteiger partial charge in [0.15, 0.2) is 0 Å². The van der Waals surface area contributed by atoms with Crippen LogP contribution >= 0.6 is 11.3 Å². The Bertz CT molecular complexity index is 291. The first-order valence-electron chi connectivity index (χ1n) is 4.33. The lowest BCUT2D eigenvalue weighted by Gasteiger charge is -2.23. The molecule has 13 heavy (non-hydrogen) atoms. The van der Waals surface area contributed by atoms with Crippen LogP contribution < -0.4 is 0 Å². The minimum atomic E-state index is -0.0190. The molecule has 0 bridgehead atoms. The monoisotopic (exact) mass is 212 g/mol. The van der Waals surface area contributed by atoms with Gasteiger partial charge in [0.25, 0.3) is 0 Å². The summed E-state index contributed by atoms with van der Waals surface area (Å²) in [5.74, 6) is 0. The summed E-state index contributed by atoms with van der Waals surface area (Å²) in [7, 11) is 0.795. The van der Waals surface area contributed by atoms with E-state index in [2.05, 4.69) is 31.9 Å². The Labute approximate surface area is 87.0 Å². The predicted molar refractivity (Wildman–Crippen MR) is 63.2 cm³/mol. The molecule has 0 saturated heterocycles. The molecule has 0 aromatic carbocycles. The fourth-order valence-corrected chi connectivity index (χ4v) is 2.38. The van der Waals surface area contributed by atoms with Crippen molar-refractivity contribution < 1.29 is 4.43 Å². The molecule has 0 amide bonds. The van der Waals surface area contributed by atoms with Crippen molar-refractivity contribution in [3.63, 3.8) is 0 Å². The van der Waals surface area contributed by atoms with Gasteiger partial charge < -0.3 is 4.43 Å². The molecule has 72 valence electrons. The highest BCUT2D eigenvalue weighted by molar-refractivity contribution is 7.10. The second kappa shape index (κ2) is 4.22. The van der Waals surface area contributed by atoms with Crippen LogP contribution in [0.25, 0.3) is 6.08 Å². The summed E-state index contributed by atoms with van der Waals surface area (Å²) in [5, 5.41) is 2.11. The van der Waals surface area contributed by atoms with Crippen molar-refractivity contribution in [3.8, 4) is 0 Å². The van der Waals surface area contributed by atoms with Crippen LogP contribution in [-0.2, 0) is 10.8 Å². The van der Waals surface area contributed by atoms with Crippen molar-refractivity contribution >= 4 is 27.9 Å². The van der Waals surface area contributed by atoms with Crippen LogP contribution in [0.1, 0.15) is 24.3 Å². The molecule has 0 aliphatic rings. The van der Waals surface area contributed by atoms with E-state index in [-0.39, 0.29) is 5.60 Å². The Morgan fingerprint density at radius 2 is 2.38 bits per heavy atom. The van der Waals surface area contributed by atoms with Crippen LogP contribution in [-0.4, -0.2) is 16.1 Å². The molecule has 0 saturated carbocycles. The lowest BCUT2D eigenvalue weighted by Crippen LogP contribution is -2.25. The van der Waals surface area contributed by atoms with Gasteiger partial charge in [0.2, 0.25) is 0 Å². The largest absolute Gasteiger partial charge is 0.423 e. The molecule has 3 heteroatoms. The van der Waals surface area contributed by atoms with Gasteiger partial charge in [0.05, 0.1) is 5.60 Å². The van der Waals surface area contributed by atoms with Crippen molar-refractivity contribution in [2.45, 2.75) is 25.9 Å². The predicted octanol–water partition coefficient (Wildman–Crippen LogP) is 2.01. The fourth-order valence-electron chi connectivity index (χ4n) is 1.13. The molecule has 0 aliphatic carbocycles. The first kappa shape index (κ1) is 10.7. The SMILES string of the molecule is C=Cc1ccsc1CC(C)(C)O[SiH3]. The molecule has 0 unspecified atom stereocenters. The highest BCUT2D eigenvalue weighted by Crippen LogP contribution is 2.24. The van der Waals surface area contributed by atoms with Gasteiger partial charge in [-0.1, -0.05) is 12.7 Å². The van der Waals surface area contributed by atoms with Gasteiger partial charge in [0.1, 0.15) is 10.5 Å². The molecular formula is C10H16OSSi. The Balaban J connectivity index is 2.79. The van der Waals surface area contributed by atoms with E-state index in [9.17, 15) is 0 Å². The fraction of sp³-hybridized carbons (Fsp3) is 0.400. The Morgan fingerprint density at radius 1 is 1.69 bits per heavy atom. The minimum Gasteiger partial charge on any atom is -0.423 e. The highest BCUT2D eigenvalue weighted by atomic mass is 32.1. The van der Waals surface area contributed by atoms with E-state index in [1.165, 1.54) is 10.4 Å². The smallest absolute Gasteiger partial charge is 0.146 e. The minimum absolute atomic E-state index is 0.0190. The first-order valence-corrected chi connectivity index (χ1v) is 6.02. The second-order valence-corrected chi connectivity index (χ2v) is 5.05. The lowest BCUT2D eigenvalue weighted by molar-refractivity contribution is 0.125. The quantitative estimate of drug-likeness (QED) is 0.694. The summed E-state index contributed by atoms with van der Waals surface area (Å²) in [6.07, 6.45) is 2.89. The van der Waals surface area contributed by atoms with Crippen molar-refractivity contribution in [1.29, 1.82) is 0 Å². The van der Waals surface area contributed by atoms with Gasteiger partial charge in [-0.3, -0.25) is 0 Å². The number of hydrogen-bond acceptors (Lipinski definition) is 2. The molecule has 0 fully saturated rings. The molecular weight excluding hydrogens is 196 g/mol. The van der Waals surface area contributed by atoms with Crippen LogP contribution in [0.2, 0.25) is 0 Å². The standard InChI is InChI=1S/C10H16OSSi/c1-4-8-5-6-12-9(8)7-10(2,3)11-13/h4-6H,1,7H2,2-3,13H3. The molecule has 0 radical (unpaired) electrons. The van der Waals surface area contributed by atoms with Gasteiger partial charge >= 0.3 is 0 Å². The van der Waals surface area contributed by atoms with Crippen LogP contribution in [0.4, 0.5) is 0 Å². The molecule has 1 rings (SSSR count). The maximum atomic E-state index is 5.52. The molecule has 1 aromatic rings. The molecule has 1 nitrogen and oxygen atoms in total. The summed E-state index contributed by atoms with van der Waals surface area (Å²) >= 11 is 1.78. The zero-order valence-electron chi connectivity index (χ0n) is 8.46. The Morgan fingerprint density at radius 3 is 2.92 bits per heavy atom. The summed E-state index contributed by atoms with van der Waals surface area (Å²) in [4.78, 5) is 1.37. The summed E-state index contributed by atoms with van der Waals surface area (Å²) in [6, 6.07) is 2.11. The lowest BCUT2D eigenvalue weighted by atomic mass is 10.0. The molecule has 1 heterocycles. The molecule has 0 atom stereocenters. The summed E-state index contributed by atoms with van der Waals surface area (Å²) < 4.78 is 5.52. The molecule has 0 aliphatic heterocycles. The zero-order valence-corrected chi connectivity index (χ0v) is 11.3. The van der Waals surface area contributed by atoms with E-state index >= 15 is 0 Å². The maximum Gasteiger partial charge on any atom is 0.146 e. The maximum absolute atomic E-state index is 5.52. The molecule has 1 aromatic heterocycles. The third-order valence-corrected chi connectivity index (χ3v) is 4.18. The van der Waals surface area contributed by atoms with E-state index in [1.807, 2.05) is 6.08 Å². The number of hydrogen-bond donors (Lipinski definition) is 0. The Hall–Kier alpha value is -0.383. The van der Waals surface area contributed by atoms with Crippen LogP contribution in [0, 0.1) is 0 Å². The third-order valence-electron chi connectivity index (χ3n) is 2.14. The second-order valence-electron chi connectivity index (χ2n) is 3.64. The van der Waals surface area contributed by atoms with Crippen LogP contribution in [0.15, 0.2) is 18.0 Å². The van der Waals surface area contributed by atoms with E-state index in [0.717, 1.165) is 16.9 Å². The van der Waals surface area contributed by atoms with Gasteiger partial charge in [-0.05, 0) is 30.9 Å². The summed E-state index contributed by atoms with van der Waals surface area (Å²) in [5.41, 5.74) is 1.23. The van der Waals surface area contributed by atoms with Crippen molar-refractivity contribution in [3.05, 3.63) is 28.5 Å². The van der Waals surface area contributed by atoms with E-state index < -0.39 is 0 Å². The van der Waals surface area contributed by atoms with Gasteiger partial charge in [-0.25, -0.2) is 0 Å².